The number of rotatable bonds is 7. The molecule has 0 saturated carbocycles. The molecule has 6 heteroatoms. The van der Waals surface area contributed by atoms with Gasteiger partial charge in [-0.05, 0) is 38.0 Å². The van der Waals surface area contributed by atoms with Gasteiger partial charge in [-0.3, -0.25) is 4.79 Å². The third kappa shape index (κ3) is 5.83. The minimum absolute atomic E-state index is 0.0665. The Bertz CT molecular complexity index is 483. The number of ether oxygens (including phenoxy) is 1. The molecule has 0 aliphatic rings. The van der Waals surface area contributed by atoms with Crippen LogP contribution in [0.2, 0.25) is 0 Å². The van der Waals surface area contributed by atoms with E-state index in [4.69, 9.17) is 9.84 Å². The molecule has 3 N–H and O–H groups in total. The number of carboxylic acids is 1. The lowest BCUT2D eigenvalue weighted by Crippen LogP contribution is -2.47. The summed E-state index contributed by atoms with van der Waals surface area (Å²) >= 11 is 0. The van der Waals surface area contributed by atoms with Crippen LogP contribution in [0, 0.1) is 0 Å². The molecule has 0 aliphatic heterocycles. The number of benzene rings is 1. The Kier molecular flexibility index (Phi) is 6.17. The number of nitrogens with one attached hydrogen (secondary N) is 1. The van der Waals surface area contributed by atoms with E-state index in [0.29, 0.717) is 5.75 Å². The predicted molar refractivity (Wildman–Crippen MR) is 77.2 cm³/mol. The highest BCUT2D eigenvalue weighted by atomic mass is 16.5. The third-order valence-corrected chi connectivity index (χ3v) is 2.77. The average Bonchev–Trinajstić information content (AvgIpc) is 2.38. The molecular weight excluding hydrogens is 274 g/mol. The first-order chi connectivity index (χ1) is 9.79. The largest absolute Gasteiger partial charge is 0.491 e. The Morgan fingerprint density at radius 1 is 1.24 bits per heavy atom. The van der Waals surface area contributed by atoms with Gasteiger partial charge in [-0.15, -0.1) is 0 Å². The van der Waals surface area contributed by atoms with E-state index in [-0.39, 0.29) is 18.4 Å². The average molecular weight is 295 g/mol. The van der Waals surface area contributed by atoms with Gasteiger partial charge in [-0.1, -0.05) is 12.1 Å². The number of aliphatic hydroxyl groups is 1. The molecular formula is C15H21NO5. The van der Waals surface area contributed by atoms with Crippen LogP contribution < -0.4 is 10.1 Å². The summed E-state index contributed by atoms with van der Waals surface area (Å²) in [6.07, 6.45) is -1.37. The van der Waals surface area contributed by atoms with E-state index in [2.05, 4.69) is 5.32 Å². The molecule has 1 rings (SSSR count). The standard InChI is InChI=1S/C15H21NO5/c1-9(2)21-12-6-4-11(5-7-12)8-13(16-10(3)17)14(18)15(19)20/h4-7,9,13-14,18H,8H2,1-3H3,(H,16,17)(H,19,20). The lowest BCUT2D eigenvalue weighted by atomic mass is 10.0. The number of amides is 1. The highest BCUT2D eigenvalue weighted by Gasteiger charge is 2.26. The summed E-state index contributed by atoms with van der Waals surface area (Å²) in [5.41, 5.74) is 0.796. The maximum absolute atomic E-state index is 11.1. The van der Waals surface area contributed by atoms with Crippen LogP contribution in [0.25, 0.3) is 0 Å². The molecule has 0 heterocycles. The summed E-state index contributed by atoms with van der Waals surface area (Å²) < 4.78 is 5.51. The first kappa shape index (κ1) is 17.0. The number of hydrogen-bond donors (Lipinski definition) is 3. The van der Waals surface area contributed by atoms with Gasteiger partial charge >= 0.3 is 5.97 Å². The predicted octanol–water partition coefficient (Wildman–Crippen LogP) is 0.966. The first-order valence-corrected chi connectivity index (χ1v) is 6.73. The topological polar surface area (TPSA) is 95.9 Å². The molecule has 0 bridgehead atoms. The molecule has 2 atom stereocenters. The molecule has 6 nitrogen and oxygen atoms in total. The molecule has 0 aromatic heterocycles. The fraction of sp³-hybridized carbons (Fsp3) is 0.467. The highest BCUT2D eigenvalue weighted by Crippen LogP contribution is 2.15. The number of carboxylic acid groups (broad SMARTS) is 1. The zero-order chi connectivity index (χ0) is 16.0. The van der Waals surface area contributed by atoms with E-state index in [1.165, 1.54) is 6.92 Å². The highest BCUT2D eigenvalue weighted by molar-refractivity contribution is 5.77. The lowest BCUT2D eigenvalue weighted by molar-refractivity contribution is -0.148. The van der Waals surface area contributed by atoms with Crippen molar-refractivity contribution in [3.05, 3.63) is 29.8 Å². The maximum atomic E-state index is 11.1. The van der Waals surface area contributed by atoms with Crippen LogP contribution in [0.15, 0.2) is 24.3 Å². The van der Waals surface area contributed by atoms with Crippen LogP contribution in [0.4, 0.5) is 0 Å². The summed E-state index contributed by atoms with van der Waals surface area (Å²) in [6, 6.07) is 6.22. The number of aliphatic carboxylic acids is 1. The van der Waals surface area contributed by atoms with Gasteiger partial charge in [0.1, 0.15) is 5.75 Å². The van der Waals surface area contributed by atoms with Crippen molar-refractivity contribution < 1.29 is 24.5 Å². The summed E-state index contributed by atoms with van der Waals surface area (Å²) in [7, 11) is 0. The second-order valence-corrected chi connectivity index (χ2v) is 5.10. The summed E-state index contributed by atoms with van der Waals surface area (Å²) in [4.78, 5) is 22.0. The smallest absolute Gasteiger partial charge is 0.334 e. The SMILES string of the molecule is CC(=O)NC(Cc1ccc(OC(C)C)cc1)C(O)C(=O)O. The van der Waals surface area contributed by atoms with Crippen molar-refractivity contribution in [1.29, 1.82) is 0 Å². The quantitative estimate of drug-likeness (QED) is 0.696. The Labute approximate surface area is 123 Å². The molecule has 0 saturated heterocycles. The van der Waals surface area contributed by atoms with E-state index in [9.17, 15) is 14.7 Å². The van der Waals surface area contributed by atoms with Crippen molar-refractivity contribution in [2.24, 2.45) is 0 Å². The molecule has 0 fully saturated rings. The fourth-order valence-corrected chi connectivity index (χ4v) is 1.90. The molecule has 2 unspecified atom stereocenters. The summed E-state index contributed by atoms with van der Waals surface area (Å²) in [5, 5.41) is 21.0. The van der Waals surface area contributed by atoms with Gasteiger partial charge in [0, 0.05) is 6.92 Å². The second-order valence-electron chi connectivity index (χ2n) is 5.10. The van der Waals surface area contributed by atoms with E-state index >= 15 is 0 Å². The normalized spacial score (nSPS) is 13.6. The monoisotopic (exact) mass is 295 g/mol. The molecule has 1 aromatic carbocycles. The second kappa shape index (κ2) is 7.64. The van der Waals surface area contributed by atoms with Crippen LogP contribution in [0.5, 0.6) is 5.75 Å². The van der Waals surface area contributed by atoms with Crippen molar-refractivity contribution in [1.82, 2.24) is 5.32 Å². The summed E-state index contributed by atoms with van der Waals surface area (Å²) in [6.45, 7) is 5.12. The van der Waals surface area contributed by atoms with Gasteiger partial charge < -0.3 is 20.3 Å². The number of carbonyl (C=O) groups excluding carboxylic acids is 1. The zero-order valence-electron chi connectivity index (χ0n) is 12.4. The Morgan fingerprint density at radius 3 is 2.24 bits per heavy atom. The van der Waals surface area contributed by atoms with Crippen LogP contribution >= 0.6 is 0 Å². The third-order valence-electron chi connectivity index (χ3n) is 2.77. The van der Waals surface area contributed by atoms with Crippen LogP contribution in [-0.2, 0) is 16.0 Å². The fourth-order valence-electron chi connectivity index (χ4n) is 1.90. The van der Waals surface area contributed by atoms with Crippen LogP contribution in [0.3, 0.4) is 0 Å². The van der Waals surface area contributed by atoms with Crippen LogP contribution in [-0.4, -0.2) is 40.3 Å². The molecule has 0 aliphatic carbocycles. The van der Waals surface area contributed by atoms with Gasteiger partial charge in [-0.2, -0.15) is 0 Å². The number of aliphatic hydroxyl groups excluding tert-OH is 1. The Balaban J connectivity index is 2.78. The van der Waals surface area contributed by atoms with Gasteiger partial charge in [0.2, 0.25) is 5.91 Å². The van der Waals surface area contributed by atoms with Crippen molar-refractivity contribution in [3.8, 4) is 5.75 Å². The number of carbonyl (C=O) groups is 2. The van der Waals surface area contributed by atoms with Gasteiger partial charge in [0.25, 0.3) is 0 Å². The van der Waals surface area contributed by atoms with Gasteiger partial charge in [-0.25, -0.2) is 4.79 Å². The minimum Gasteiger partial charge on any atom is -0.491 e. The van der Waals surface area contributed by atoms with Crippen molar-refractivity contribution in [3.63, 3.8) is 0 Å². The van der Waals surface area contributed by atoms with Gasteiger partial charge in [0.15, 0.2) is 6.10 Å². The molecule has 0 spiro atoms. The molecule has 1 amide bonds. The van der Waals surface area contributed by atoms with Crippen LogP contribution in [0.1, 0.15) is 26.3 Å². The van der Waals surface area contributed by atoms with Crippen molar-refractivity contribution >= 4 is 11.9 Å². The summed E-state index contributed by atoms with van der Waals surface area (Å²) in [5.74, 6) is -1.04. The Morgan fingerprint density at radius 2 is 1.81 bits per heavy atom. The molecule has 1 aromatic rings. The number of hydrogen-bond acceptors (Lipinski definition) is 4. The zero-order valence-corrected chi connectivity index (χ0v) is 12.4. The lowest BCUT2D eigenvalue weighted by Gasteiger charge is -2.21. The van der Waals surface area contributed by atoms with E-state index in [0.717, 1.165) is 5.56 Å². The van der Waals surface area contributed by atoms with Crippen molar-refractivity contribution in [2.45, 2.75) is 45.4 Å². The van der Waals surface area contributed by atoms with Crippen molar-refractivity contribution in [2.75, 3.05) is 0 Å². The van der Waals surface area contributed by atoms with E-state index < -0.39 is 18.1 Å². The maximum Gasteiger partial charge on any atom is 0.334 e. The molecule has 116 valence electrons. The Hall–Kier alpha value is -2.08. The molecule has 0 radical (unpaired) electrons. The first-order valence-electron chi connectivity index (χ1n) is 6.73. The van der Waals surface area contributed by atoms with E-state index in [1.54, 1.807) is 24.3 Å². The van der Waals surface area contributed by atoms with E-state index in [1.807, 2.05) is 13.8 Å². The molecule has 21 heavy (non-hydrogen) atoms. The van der Waals surface area contributed by atoms with Gasteiger partial charge in [0.05, 0.1) is 12.1 Å². The minimum atomic E-state index is -1.65.